The van der Waals surface area contributed by atoms with E-state index in [2.05, 4.69) is 93.4 Å². The van der Waals surface area contributed by atoms with Crippen molar-refractivity contribution in [3.05, 3.63) is 24.8 Å². The summed E-state index contributed by atoms with van der Waals surface area (Å²) in [5.74, 6) is 0.141. The molecule has 3 unspecified atom stereocenters. The molecule has 1 aliphatic carbocycles. The molecule has 5 heteroatoms. The van der Waals surface area contributed by atoms with Gasteiger partial charge in [0.15, 0.2) is 16.6 Å². The number of Topliss-reactive ketones (excluding diaryl/α,β-unsaturated/α-hetero) is 1. The lowest BCUT2D eigenvalue weighted by molar-refractivity contribution is -0.119. The first-order valence-corrected chi connectivity index (χ1v) is 18.5. The van der Waals surface area contributed by atoms with Crippen LogP contribution in [-0.4, -0.2) is 34.6 Å². The first-order chi connectivity index (χ1) is 14.5. The van der Waals surface area contributed by atoms with Gasteiger partial charge in [-0.3, -0.25) is 4.79 Å². The van der Waals surface area contributed by atoms with Crippen molar-refractivity contribution < 1.29 is 13.6 Å². The van der Waals surface area contributed by atoms with Crippen molar-refractivity contribution in [3.8, 4) is 0 Å². The first kappa shape index (κ1) is 29.5. The zero-order chi connectivity index (χ0) is 25.0. The Hall–Kier alpha value is -0.496. The Kier molecular flexibility index (Phi) is 10.4. The van der Waals surface area contributed by atoms with Crippen molar-refractivity contribution in [3.63, 3.8) is 0 Å². The fourth-order valence-electron chi connectivity index (χ4n) is 3.72. The zero-order valence-electron chi connectivity index (χ0n) is 23.0. The van der Waals surface area contributed by atoms with Crippen LogP contribution in [0.3, 0.4) is 0 Å². The van der Waals surface area contributed by atoms with Gasteiger partial charge in [-0.1, -0.05) is 86.0 Å². The molecule has 0 aromatic carbocycles. The summed E-state index contributed by atoms with van der Waals surface area (Å²) >= 11 is 0. The van der Waals surface area contributed by atoms with Crippen LogP contribution in [-0.2, 0) is 13.6 Å². The van der Waals surface area contributed by atoms with Crippen LogP contribution < -0.4 is 0 Å². The number of allylic oxidation sites excluding steroid dienone is 1. The molecule has 1 fully saturated rings. The number of carbonyl (C=O) groups excluding carboxylic acids is 1. The number of carbonyl (C=O) groups is 1. The fourth-order valence-corrected chi connectivity index (χ4v) is 6.38. The largest absolute Gasteiger partial charge is 0.413 e. The molecule has 1 aliphatic rings. The van der Waals surface area contributed by atoms with Crippen LogP contribution >= 0.6 is 0 Å². The highest BCUT2D eigenvalue weighted by atomic mass is 28.4. The van der Waals surface area contributed by atoms with Gasteiger partial charge in [0.25, 0.3) is 0 Å². The van der Waals surface area contributed by atoms with E-state index in [1.165, 1.54) is 19.3 Å². The van der Waals surface area contributed by atoms with Gasteiger partial charge in [-0.15, -0.1) is 6.58 Å². The number of ketones is 1. The van der Waals surface area contributed by atoms with Crippen LogP contribution in [0.4, 0.5) is 0 Å². The average molecular weight is 481 g/mol. The van der Waals surface area contributed by atoms with Crippen molar-refractivity contribution in [1.29, 1.82) is 0 Å². The molecule has 1 saturated carbocycles. The summed E-state index contributed by atoms with van der Waals surface area (Å²) in [4.78, 5) is 12.8. The van der Waals surface area contributed by atoms with Crippen LogP contribution in [0.25, 0.3) is 0 Å². The van der Waals surface area contributed by atoms with Crippen molar-refractivity contribution in [2.45, 2.75) is 129 Å². The Morgan fingerprint density at radius 2 is 1.59 bits per heavy atom. The molecule has 0 spiro atoms. The van der Waals surface area contributed by atoms with Crippen LogP contribution in [0.15, 0.2) is 24.8 Å². The predicted molar refractivity (Wildman–Crippen MR) is 144 cm³/mol. The third kappa shape index (κ3) is 7.78. The molecule has 0 aliphatic heterocycles. The van der Waals surface area contributed by atoms with Crippen LogP contribution in [0.5, 0.6) is 0 Å². The minimum atomic E-state index is -1.97. The maximum atomic E-state index is 12.8. The zero-order valence-corrected chi connectivity index (χ0v) is 25.0. The molecule has 0 saturated heterocycles. The highest BCUT2D eigenvalue weighted by Gasteiger charge is 2.46. The molecule has 0 heterocycles. The summed E-state index contributed by atoms with van der Waals surface area (Å²) in [7, 11) is -3.86. The van der Waals surface area contributed by atoms with Crippen molar-refractivity contribution >= 4 is 22.4 Å². The van der Waals surface area contributed by atoms with Gasteiger partial charge in [-0.25, -0.2) is 0 Å². The summed E-state index contributed by atoms with van der Waals surface area (Å²) in [6.45, 7) is 29.0. The van der Waals surface area contributed by atoms with E-state index in [4.69, 9.17) is 8.85 Å². The molecular formula is C27H52O3Si2. The SMILES string of the molecule is C=CC1C(=O)CC(O[Si](C)(C)C(C)(C)C)C1C=C[C@H](CCCCC)O[Si](C)(C)C(C)(C)C. The second kappa shape index (κ2) is 11.3. The van der Waals surface area contributed by atoms with E-state index in [0.29, 0.717) is 6.42 Å². The van der Waals surface area contributed by atoms with E-state index in [0.717, 1.165) is 6.42 Å². The Morgan fingerprint density at radius 1 is 1.03 bits per heavy atom. The van der Waals surface area contributed by atoms with Crippen molar-refractivity contribution in [2.24, 2.45) is 11.8 Å². The van der Waals surface area contributed by atoms with Gasteiger partial charge in [-0.2, -0.15) is 0 Å². The summed E-state index contributed by atoms with van der Waals surface area (Å²) in [6.07, 6.45) is 11.5. The third-order valence-electron chi connectivity index (χ3n) is 8.02. The van der Waals surface area contributed by atoms with Crippen LogP contribution in [0.2, 0.25) is 36.3 Å². The molecule has 4 atom stereocenters. The highest BCUT2D eigenvalue weighted by Crippen LogP contribution is 2.43. The van der Waals surface area contributed by atoms with E-state index in [1.54, 1.807) is 0 Å². The Balaban J connectivity index is 3.16. The third-order valence-corrected chi connectivity index (χ3v) is 17.0. The van der Waals surface area contributed by atoms with Gasteiger partial charge in [0, 0.05) is 18.3 Å². The first-order valence-electron chi connectivity index (χ1n) is 12.7. The van der Waals surface area contributed by atoms with Gasteiger partial charge in [-0.05, 0) is 42.7 Å². The monoisotopic (exact) mass is 480 g/mol. The highest BCUT2D eigenvalue weighted by molar-refractivity contribution is 6.74. The van der Waals surface area contributed by atoms with Crippen molar-refractivity contribution in [1.82, 2.24) is 0 Å². The van der Waals surface area contributed by atoms with Crippen molar-refractivity contribution in [2.75, 3.05) is 0 Å². The maximum Gasteiger partial charge on any atom is 0.192 e. The Labute approximate surface area is 201 Å². The molecular weight excluding hydrogens is 428 g/mol. The lowest BCUT2D eigenvalue weighted by atomic mass is 9.93. The van der Waals surface area contributed by atoms with Gasteiger partial charge in [0.1, 0.15) is 5.78 Å². The second-order valence-corrected chi connectivity index (χ2v) is 22.2. The van der Waals surface area contributed by atoms with Crippen LogP contribution in [0.1, 0.15) is 80.6 Å². The standard InChI is InChI=1S/C27H52O3Si2/c1-13-15-16-17-21(29-31(9,10)26(3,4)5)18-19-23-22(14-2)24(28)20-25(23)30-32(11,12)27(6,7)8/h14,18-19,21-23,25H,2,13,15-17,20H2,1,3-12H3/t21-,22?,23?,25?/m0/s1. The minimum Gasteiger partial charge on any atom is -0.413 e. The van der Waals surface area contributed by atoms with E-state index < -0.39 is 16.6 Å². The average Bonchev–Trinajstić information content (AvgIpc) is 2.91. The summed E-state index contributed by atoms with van der Waals surface area (Å²) < 4.78 is 13.6. The molecule has 3 nitrogen and oxygen atoms in total. The van der Waals surface area contributed by atoms with E-state index in [9.17, 15) is 4.79 Å². The number of hydrogen-bond acceptors (Lipinski definition) is 3. The normalized spacial score (nSPS) is 24.3. The van der Waals surface area contributed by atoms with E-state index >= 15 is 0 Å². The van der Waals surface area contributed by atoms with Crippen LogP contribution in [0, 0.1) is 11.8 Å². The molecule has 0 radical (unpaired) electrons. The molecule has 0 aromatic rings. The molecule has 0 bridgehead atoms. The minimum absolute atomic E-state index is 0.0471. The predicted octanol–water partition coefficient (Wildman–Crippen LogP) is 8.29. The van der Waals surface area contributed by atoms with E-state index in [1.807, 2.05) is 6.08 Å². The quantitative estimate of drug-likeness (QED) is 0.169. The Morgan fingerprint density at radius 3 is 2.06 bits per heavy atom. The molecule has 0 amide bonds. The van der Waals surface area contributed by atoms with Gasteiger partial charge in [0.2, 0.25) is 0 Å². The molecule has 1 rings (SSSR count). The van der Waals surface area contributed by atoms with Gasteiger partial charge in [0.05, 0.1) is 12.2 Å². The molecule has 0 N–H and O–H groups in total. The number of rotatable bonds is 11. The summed E-state index contributed by atoms with van der Waals surface area (Å²) in [5.41, 5.74) is 0. The lowest BCUT2D eigenvalue weighted by Crippen LogP contribution is -2.45. The molecule has 0 aromatic heterocycles. The summed E-state index contributed by atoms with van der Waals surface area (Å²) in [5, 5.41) is 0.287. The molecule has 186 valence electrons. The van der Waals surface area contributed by atoms with Gasteiger partial charge >= 0.3 is 0 Å². The summed E-state index contributed by atoms with van der Waals surface area (Å²) in [6, 6.07) is 0. The number of unbranched alkanes of at least 4 members (excludes halogenated alkanes) is 2. The van der Waals surface area contributed by atoms with E-state index in [-0.39, 0.29) is 39.9 Å². The smallest absolute Gasteiger partial charge is 0.192 e. The lowest BCUT2D eigenvalue weighted by Gasteiger charge is -2.40. The second-order valence-electron chi connectivity index (χ2n) is 12.7. The maximum absolute atomic E-state index is 12.8. The topological polar surface area (TPSA) is 35.5 Å². The molecule has 32 heavy (non-hydrogen) atoms. The van der Waals surface area contributed by atoms with Gasteiger partial charge < -0.3 is 8.85 Å². The Bertz CT molecular complexity index is 653. The fraction of sp³-hybridized carbons (Fsp3) is 0.815. The number of hydrogen-bond donors (Lipinski definition) is 0.